The summed E-state index contributed by atoms with van der Waals surface area (Å²) < 4.78 is 4.94. The van der Waals surface area contributed by atoms with Crippen molar-refractivity contribution in [3.05, 3.63) is 45.3 Å². The van der Waals surface area contributed by atoms with Gasteiger partial charge in [-0.3, -0.25) is 0 Å². The Bertz CT molecular complexity index is 352. The van der Waals surface area contributed by atoms with Crippen molar-refractivity contribution in [1.82, 2.24) is 0 Å². The predicted octanol–water partition coefficient (Wildman–Crippen LogP) is 6.42. The number of aryl methyl sites for hydroxylation is 1. The molecule has 0 bridgehead atoms. The topological polar surface area (TPSA) is 9.23 Å². The van der Waals surface area contributed by atoms with Crippen molar-refractivity contribution in [2.45, 2.75) is 51.9 Å². The molecule has 0 saturated carbocycles. The van der Waals surface area contributed by atoms with Gasteiger partial charge in [-0.15, -0.1) is 11.3 Å². The van der Waals surface area contributed by atoms with Gasteiger partial charge in [-0.25, -0.2) is 0 Å². The van der Waals surface area contributed by atoms with Gasteiger partial charge in [0.05, 0.1) is 0 Å². The van der Waals surface area contributed by atoms with Crippen molar-refractivity contribution in [3.8, 4) is 0 Å². The SMILES string of the molecule is C1CCOC1.CCCCCCc1cccs1.c1ccsc1. The Morgan fingerprint density at radius 3 is 2.14 bits per heavy atom. The van der Waals surface area contributed by atoms with Gasteiger partial charge in [-0.05, 0) is 47.9 Å². The summed E-state index contributed by atoms with van der Waals surface area (Å²) in [4.78, 5) is 1.54. The number of ether oxygens (including phenoxy) is 1. The second-order valence-electron chi connectivity index (χ2n) is 5.00. The summed E-state index contributed by atoms with van der Waals surface area (Å²) in [5, 5.41) is 6.25. The van der Waals surface area contributed by atoms with Crippen LogP contribution in [0.2, 0.25) is 0 Å². The van der Waals surface area contributed by atoms with Crippen LogP contribution in [0, 0.1) is 0 Å². The van der Waals surface area contributed by atoms with Crippen LogP contribution in [0.4, 0.5) is 0 Å². The molecule has 0 aromatic carbocycles. The van der Waals surface area contributed by atoms with E-state index < -0.39 is 0 Å². The van der Waals surface area contributed by atoms with Crippen LogP contribution < -0.4 is 0 Å². The highest BCUT2D eigenvalue weighted by Crippen LogP contribution is 2.12. The Kier molecular flexibility index (Phi) is 12.5. The normalized spacial score (nSPS) is 13.0. The Hall–Kier alpha value is -0.640. The molecular weight excluding hydrogens is 296 g/mol. The first kappa shape index (κ1) is 18.4. The van der Waals surface area contributed by atoms with Crippen LogP contribution >= 0.6 is 22.7 Å². The highest BCUT2D eigenvalue weighted by molar-refractivity contribution is 7.09. The molecule has 0 spiro atoms. The third-order valence-corrected chi connectivity index (χ3v) is 4.67. The zero-order valence-corrected chi connectivity index (χ0v) is 14.8. The first-order valence-electron chi connectivity index (χ1n) is 8.00. The Morgan fingerprint density at radius 2 is 1.71 bits per heavy atom. The molecule has 3 heterocycles. The Balaban J connectivity index is 0.000000181. The summed E-state index contributed by atoms with van der Waals surface area (Å²) in [5.41, 5.74) is 0. The average Bonchev–Trinajstić information content (AvgIpc) is 3.31. The Morgan fingerprint density at radius 1 is 0.952 bits per heavy atom. The van der Waals surface area contributed by atoms with Crippen molar-refractivity contribution >= 4 is 22.7 Å². The molecule has 2 aromatic heterocycles. The molecule has 1 aliphatic rings. The largest absolute Gasteiger partial charge is 0.381 e. The molecule has 1 nitrogen and oxygen atoms in total. The maximum atomic E-state index is 4.94. The minimum Gasteiger partial charge on any atom is -0.381 e. The van der Waals surface area contributed by atoms with E-state index in [-0.39, 0.29) is 0 Å². The van der Waals surface area contributed by atoms with Gasteiger partial charge in [-0.1, -0.05) is 44.4 Å². The van der Waals surface area contributed by atoms with Gasteiger partial charge in [0.15, 0.2) is 0 Å². The highest BCUT2D eigenvalue weighted by atomic mass is 32.1. The summed E-state index contributed by atoms with van der Waals surface area (Å²) in [7, 11) is 0. The van der Waals surface area contributed by atoms with Crippen LogP contribution in [-0.4, -0.2) is 13.2 Å². The molecule has 21 heavy (non-hydrogen) atoms. The first-order valence-corrected chi connectivity index (χ1v) is 9.83. The third-order valence-electron chi connectivity index (χ3n) is 3.11. The lowest BCUT2D eigenvalue weighted by Gasteiger charge is -1.95. The lowest BCUT2D eigenvalue weighted by Crippen LogP contribution is -1.80. The molecule has 2 aromatic rings. The molecule has 118 valence electrons. The van der Waals surface area contributed by atoms with Gasteiger partial charge < -0.3 is 4.74 Å². The van der Waals surface area contributed by atoms with Crippen LogP contribution in [0.25, 0.3) is 0 Å². The van der Waals surface area contributed by atoms with E-state index in [1.165, 1.54) is 44.9 Å². The monoisotopic (exact) mass is 324 g/mol. The van der Waals surface area contributed by atoms with Crippen molar-refractivity contribution in [3.63, 3.8) is 0 Å². The zero-order valence-electron chi connectivity index (χ0n) is 13.1. The zero-order chi connectivity index (χ0) is 15.0. The van der Waals surface area contributed by atoms with Crippen LogP contribution in [0.1, 0.15) is 50.3 Å². The van der Waals surface area contributed by atoms with Crippen LogP contribution in [-0.2, 0) is 11.2 Å². The lowest BCUT2D eigenvalue weighted by atomic mass is 10.1. The lowest BCUT2D eigenvalue weighted by molar-refractivity contribution is 0.198. The highest BCUT2D eigenvalue weighted by Gasteiger charge is 1.94. The van der Waals surface area contributed by atoms with E-state index >= 15 is 0 Å². The quantitative estimate of drug-likeness (QED) is 0.577. The fourth-order valence-electron chi connectivity index (χ4n) is 1.92. The summed E-state index contributed by atoms with van der Waals surface area (Å²) >= 11 is 3.59. The van der Waals surface area contributed by atoms with E-state index in [9.17, 15) is 0 Å². The fraction of sp³-hybridized carbons (Fsp3) is 0.556. The van der Waals surface area contributed by atoms with Gasteiger partial charge in [0.25, 0.3) is 0 Å². The molecule has 0 amide bonds. The number of unbranched alkanes of at least 4 members (excludes halogenated alkanes) is 3. The smallest absolute Gasteiger partial charge is 0.0466 e. The number of thiophene rings is 2. The molecule has 3 heteroatoms. The van der Waals surface area contributed by atoms with Gasteiger partial charge in [0.1, 0.15) is 0 Å². The third kappa shape index (κ3) is 11.7. The van der Waals surface area contributed by atoms with Crippen LogP contribution in [0.3, 0.4) is 0 Å². The Labute approximate surface area is 138 Å². The van der Waals surface area contributed by atoms with E-state index in [1.807, 2.05) is 34.2 Å². The van der Waals surface area contributed by atoms with E-state index in [0.29, 0.717) is 0 Å². The van der Waals surface area contributed by atoms with Crippen molar-refractivity contribution in [2.24, 2.45) is 0 Å². The molecule has 0 N–H and O–H groups in total. The summed E-state index contributed by atoms with van der Waals surface area (Å²) in [6.07, 6.45) is 9.34. The minimum atomic E-state index is 1.00. The van der Waals surface area contributed by atoms with E-state index in [2.05, 4.69) is 24.4 Å². The fourth-order valence-corrected chi connectivity index (χ4v) is 3.12. The number of hydrogen-bond acceptors (Lipinski definition) is 3. The van der Waals surface area contributed by atoms with Gasteiger partial charge >= 0.3 is 0 Å². The summed E-state index contributed by atoms with van der Waals surface area (Å²) in [6.45, 7) is 4.26. The second-order valence-corrected chi connectivity index (χ2v) is 6.85. The number of hydrogen-bond donors (Lipinski definition) is 0. The number of rotatable bonds is 5. The molecule has 0 atom stereocenters. The predicted molar refractivity (Wildman–Crippen MR) is 96.5 cm³/mol. The van der Waals surface area contributed by atoms with Crippen molar-refractivity contribution < 1.29 is 4.74 Å². The molecule has 3 rings (SSSR count). The summed E-state index contributed by atoms with van der Waals surface area (Å²) in [5.74, 6) is 0. The second kappa shape index (κ2) is 14.3. The molecule has 0 unspecified atom stereocenters. The maximum Gasteiger partial charge on any atom is 0.0466 e. The first-order chi connectivity index (χ1) is 10.4. The molecule has 0 radical (unpaired) electrons. The molecule has 1 aliphatic heterocycles. The molecule has 1 saturated heterocycles. The average molecular weight is 325 g/mol. The van der Waals surface area contributed by atoms with Gasteiger partial charge in [0, 0.05) is 18.1 Å². The van der Waals surface area contributed by atoms with Crippen LogP contribution in [0.5, 0.6) is 0 Å². The van der Waals surface area contributed by atoms with E-state index in [0.717, 1.165) is 13.2 Å². The van der Waals surface area contributed by atoms with Gasteiger partial charge in [0.2, 0.25) is 0 Å². The standard InChI is InChI=1S/C10H16S.C4H8O.C4H4S/c1-2-3-4-5-7-10-8-6-9-11-10;2*1-2-4-5-3-1/h6,8-9H,2-5,7H2,1H3;1-4H2;1-4H. The summed E-state index contributed by atoms with van der Waals surface area (Å²) in [6, 6.07) is 8.41. The minimum absolute atomic E-state index is 1.00. The van der Waals surface area contributed by atoms with Crippen molar-refractivity contribution in [2.75, 3.05) is 13.2 Å². The van der Waals surface area contributed by atoms with Crippen molar-refractivity contribution in [1.29, 1.82) is 0 Å². The van der Waals surface area contributed by atoms with Crippen LogP contribution in [0.15, 0.2) is 40.4 Å². The molecule has 0 aliphatic carbocycles. The van der Waals surface area contributed by atoms with E-state index in [4.69, 9.17) is 4.74 Å². The van der Waals surface area contributed by atoms with E-state index in [1.54, 1.807) is 16.2 Å². The van der Waals surface area contributed by atoms with Gasteiger partial charge in [-0.2, -0.15) is 11.3 Å². The molecular formula is C18H28OS2. The maximum absolute atomic E-state index is 4.94. The molecule has 1 fully saturated rings.